The number of thiocarbonyl (C=S) groups is 1. The van der Waals surface area contributed by atoms with Gasteiger partial charge in [-0.15, -0.1) is 0 Å². The van der Waals surface area contributed by atoms with E-state index in [1.165, 1.54) is 10.9 Å². The number of hydrogen-bond acceptors (Lipinski definition) is 3. The van der Waals surface area contributed by atoms with Crippen molar-refractivity contribution in [3.63, 3.8) is 0 Å². The number of hydrogen-bond donors (Lipinski definition) is 3. The van der Waals surface area contributed by atoms with Crippen LogP contribution in [0.3, 0.4) is 0 Å². The van der Waals surface area contributed by atoms with Crippen LogP contribution in [0, 0.1) is 0 Å². The molecule has 1 aromatic heterocycles. The lowest BCUT2D eigenvalue weighted by atomic mass is 9.90. The highest BCUT2D eigenvalue weighted by atomic mass is 32.1. The molecule has 0 saturated carbocycles. The lowest BCUT2D eigenvalue weighted by Gasteiger charge is -2.21. The monoisotopic (exact) mass is 397 g/mol. The maximum atomic E-state index is 5.68. The molecule has 28 heavy (non-hydrogen) atoms. The van der Waals surface area contributed by atoms with E-state index in [0.29, 0.717) is 18.3 Å². The molecule has 0 saturated heterocycles. The highest BCUT2D eigenvalue weighted by Gasteiger charge is 2.20. The molecule has 0 fully saturated rings. The molecule has 148 valence electrons. The summed E-state index contributed by atoms with van der Waals surface area (Å²) in [7, 11) is 1.67. The van der Waals surface area contributed by atoms with Crippen LogP contribution in [0.1, 0.15) is 30.9 Å². The normalized spacial score (nSPS) is 11.8. The molecule has 1 heterocycles. The molecule has 0 bridgehead atoms. The molecule has 1 atom stereocenters. The van der Waals surface area contributed by atoms with E-state index in [0.717, 1.165) is 29.1 Å². The van der Waals surface area contributed by atoms with Crippen LogP contribution in [0.25, 0.3) is 10.9 Å². The SMILES string of the molecule is CCNC(=S)NC[C@H](c1ccc(OCC)c(OC)c1)c1c[nH]c2ccccc12. The largest absolute Gasteiger partial charge is 0.493 e. The van der Waals surface area contributed by atoms with Crippen LogP contribution < -0.4 is 20.1 Å². The fraction of sp³-hybridized carbons (Fsp3) is 0.318. The number of para-hydroxylation sites is 1. The first-order valence-electron chi connectivity index (χ1n) is 9.56. The van der Waals surface area contributed by atoms with E-state index >= 15 is 0 Å². The second kappa shape index (κ2) is 9.46. The first-order chi connectivity index (χ1) is 13.7. The van der Waals surface area contributed by atoms with Crippen LogP contribution in [0.5, 0.6) is 11.5 Å². The van der Waals surface area contributed by atoms with Gasteiger partial charge in [0.2, 0.25) is 0 Å². The Morgan fingerprint density at radius 3 is 2.68 bits per heavy atom. The van der Waals surface area contributed by atoms with Crippen LogP contribution in [0.2, 0.25) is 0 Å². The average Bonchev–Trinajstić information content (AvgIpc) is 3.13. The third-order valence-electron chi connectivity index (χ3n) is 4.69. The Labute approximate surface area is 171 Å². The van der Waals surface area contributed by atoms with Gasteiger partial charge in [-0.2, -0.15) is 0 Å². The molecule has 3 rings (SSSR count). The van der Waals surface area contributed by atoms with E-state index in [1.807, 2.05) is 26.0 Å². The minimum Gasteiger partial charge on any atom is -0.493 e. The van der Waals surface area contributed by atoms with Gasteiger partial charge in [0.15, 0.2) is 16.6 Å². The number of H-pyrrole nitrogens is 1. The molecule has 0 unspecified atom stereocenters. The number of ether oxygens (including phenoxy) is 2. The Bertz CT molecular complexity index is 938. The van der Waals surface area contributed by atoms with Gasteiger partial charge < -0.3 is 25.1 Å². The van der Waals surface area contributed by atoms with Crippen LogP contribution in [-0.2, 0) is 0 Å². The Hall–Kier alpha value is -2.73. The van der Waals surface area contributed by atoms with E-state index in [2.05, 4.69) is 52.1 Å². The maximum absolute atomic E-state index is 5.68. The van der Waals surface area contributed by atoms with Crippen molar-refractivity contribution >= 4 is 28.2 Å². The molecule has 2 aromatic carbocycles. The van der Waals surface area contributed by atoms with E-state index in [1.54, 1.807) is 7.11 Å². The van der Waals surface area contributed by atoms with E-state index < -0.39 is 0 Å². The van der Waals surface area contributed by atoms with Gasteiger partial charge >= 0.3 is 0 Å². The number of rotatable bonds is 8. The van der Waals surface area contributed by atoms with E-state index in [9.17, 15) is 0 Å². The minimum atomic E-state index is 0.0948. The standard InChI is InChI=1S/C22H27N3O2S/c1-4-23-22(28)25-13-17(18-14-24-19-9-7-6-8-16(18)19)15-10-11-20(27-5-2)21(12-15)26-3/h6-12,14,17,24H,4-5,13H2,1-3H3,(H2,23,25,28)/t17-/m1/s1. The molecule has 0 aliphatic carbocycles. The Morgan fingerprint density at radius 1 is 1.11 bits per heavy atom. The van der Waals surface area contributed by atoms with Gasteiger partial charge in [0, 0.05) is 36.1 Å². The molecule has 5 nitrogen and oxygen atoms in total. The molecule has 3 aromatic rings. The number of nitrogens with one attached hydrogen (secondary N) is 3. The molecule has 6 heteroatoms. The van der Waals surface area contributed by atoms with Gasteiger partial charge in [-0.05, 0) is 55.4 Å². The maximum Gasteiger partial charge on any atom is 0.166 e. The highest BCUT2D eigenvalue weighted by Crippen LogP contribution is 2.35. The van der Waals surface area contributed by atoms with Gasteiger partial charge in [0.05, 0.1) is 13.7 Å². The fourth-order valence-electron chi connectivity index (χ4n) is 3.38. The summed E-state index contributed by atoms with van der Waals surface area (Å²) < 4.78 is 11.2. The Balaban J connectivity index is 1.99. The Kier molecular flexibility index (Phi) is 6.76. The lowest BCUT2D eigenvalue weighted by Crippen LogP contribution is -2.37. The number of fused-ring (bicyclic) bond motifs is 1. The molecular weight excluding hydrogens is 370 g/mol. The molecule has 0 amide bonds. The Morgan fingerprint density at radius 2 is 1.93 bits per heavy atom. The van der Waals surface area contributed by atoms with Gasteiger partial charge in [-0.3, -0.25) is 0 Å². The summed E-state index contributed by atoms with van der Waals surface area (Å²) in [5, 5.41) is 8.36. The molecule has 0 spiro atoms. The third-order valence-corrected chi connectivity index (χ3v) is 4.98. The third kappa shape index (κ3) is 4.39. The van der Waals surface area contributed by atoms with Gasteiger partial charge in [-0.1, -0.05) is 24.3 Å². The summed E-state index contributed by atoms with van der Waals surface area (Å²) in [6.45, 7) is 6.06. The highest BCUT2D eigenvalue weighted by molar-refractivity contribution is 7.80. The van der Waals surface area contributed by atoms with Gasteiger partial charge in [-0.25, -0.2) is 0 Å². The zero-order chi connectivity index (χ0) is 19.9. The van der Waals surface area contributed by atoms with Crippen LogP contribution in [0.15, 0.2) is 48.7 Å². The van der Waals surface area contributed by atoms with Crippen molar-refractivity contribution in [1.82, 2.24) is 15.6 Å². The topological polar surface area (TPSA) is 58.3 Å². The van der Waals surface area contributed by atoms with Crippen LogP contribution >= 0.6 is 12.2 Å². The molecule has 3 N–H and O–H groups in total. The predicted octanol–water partition coefficient (Wildman–Crippen LogP) is 4.19. The summed E-state index contributed by atoms with van der Waals surface area (Å²) in [6, 6.07) is 14.5. The number of methoxy groups -OCH3 is 1. The first kappa shape index (κ1) is 20.0. The first-order valence-corrected chi connectivity index (χ1v) is 9.97. The van der Waals surface area contributed by atoms with Crippen molar-refractivity contribution in [2.24, 2.45) is 0 Å². The second-order valence-corrected chi connectivity index (χ2v) is 6.83. The van der Waals surface area contributed by atoms with Crippen LogP contribution in [-0.4, -0.2) is 36.9 Å². The van der Waals surface area contributed by atoms with Crippen molar-refractivity contribution in [2.45, 2.75) is 19.8 Å². The zero-order valence-corrected chi connectivity index (χ0v) is 17.4. The summed E-state index contributed by atoms with van der Waals surface area (Å²) in [5.74, 6) is 1.58. The number of aromatic nitrogens is 1. The summed E-state index contributed by atoms with van der Waals surface area (Å²) in [6.07, 6.45) is 2.08. The smallest absolute Gasteiger partial charge is 0.166 e. The average molecular weight is 398 g/mol. The molecule has 0 radical (unpaired) electrons. The summed E-state index contributed by atoms with van der Waals surface area (Å²) in [5.41, 5.74) is 3.47. The molecule has 0 aliphatic heterocycles. The quantitative estimate of drug-likeness (QED) is 0.498. The minimum absolute atomic E-state index is 0.0948. The summed E-state index contributed by atoms with van der Waals surface area (Å²) >= 11 is 5.38. The number of aromatic amines is 1. The fourth-order valence-corrected chi connectivity index (χ4v) is 3.61. The van der Waals surface area contributed by atoms with Gasteiger partial charge in [0.1, 0.15) is 0 Å². The molecular formula is C22H27N3O2S. The molecule has 0 aliphatic rings. The van der Waals surface area contributed by atoms with E-state index in [-0.39, 0.29) is 5.92 Å². The van der Waals surface area contributed by atoms with Crippen molar-refractivity contribution in [2.75, 3.05) is 26.8 Å². The summed E-state index contributed by atoms with van der Waals surface area (Å²) in [4.78, 5) is 3.38. The predicted molar refractivity (Wildman–Crippen MR) is 119 cm³/mol. The number of benzene rings is 2. The van der Waals surface area contributed by atoms with E-state index in [4.69, 9.17) is 21.7 Å². The zero-order valence-electron chi connectivity index (χ0n) is 16.5. The van der Waals surface area contributed by atoms with Crippen molar-refractivity contribution < 1.29 is 9.47 Å². The van der Waals surface area contributed by atoms with Crippen LogP contribution in [0.4, 0.5) is 0 Å². The van der Waals surface area contributed by atoms with Crippen molar-refractivity contribution in [3.8, 4) is 11.5 Å². The van der Waals surface area contributed by atoms with Crippen molar-refractivity contribution in [3.05, 3.63) is 59.8 Å². The lowest BCUT2D eigenvalue weighted by molar-refractivity contribution is 0.310. The van der Waals surface area contributed by atoms with Crippen molar-refractivity contribution in [1.29, 1.82) is 0 Å². The second-order valence-electron chi connectivity index (χ2n) is 6.43. The van der Waals surface area contributed by atoms with Gasteiger partial charge in [0.25, 0.3) is 0 Å².